The van der Waals surface area contributed by atoms with Gasteiger partial charge in [0.2, 0.25) is 0 Å². The van der Waals surface area contributed by atoms with Crippen LogP contribution in [0.25, 0.3) is 0 Å². The first-order valence-electron chi connectivity index (χ1n) is 12.6. The van der Waals surface area contributed by atoms with Crippen molar-refractivity contribution in [1.29, 1.82) is 0 Å². The fourth-order valence-corrected chi connectivity index (χ4v) is 5.03. The summed E-state index contributed by atoms with van der Waals surface area (Å²) in [5.74, 6) is -1.78. The van der Waals surface area contributed by atoms with Crippen molar-refractivity contribution in [2.75, 3.05) is 13.6 Å². The van der Waals surface area contributed by atoms with Crippen molar-refractivity contribution in [3.63, 3.8) is 0 Å². The van der Waals surface area contributed by atoms with Crippen LogP contribution >= 0.6 is 24.0 Å². The normalized spacial score (nSPS) is 17.0. The number of amides is 2. The number of likely N-dealkylation sites (N-methyl/N-ethyl adjacent to an activating group) is 1. The Morgan fingerprint density at radius 1 is 1.20 bits per heavy atom. The summed E-state index contributed by atoms with van der Waals surface area (Å²) in [5.41, 5.74) is 5.01. The molecule has 4 N–H and O–H groups in total. The molecule has 1 fully saturated rings. The van der Waals surface area contributed by atoms with E-state index in [-0.39, 0.29) is 49.3 Å². The van der Waals surface area contributed by atoms with Gasteiger partial charge in [-0.15, -0.1) is 12.4 Å². The first-order chi connectivity index (χ1) is 18.2. The monoisotopic (exact) mass is 616 g/mol. The average Bonchev–Trinajstić information content (AvgIpc) is 2.91. The second kappa shape index (κ2) is 16.4. The summed E-state index contributed by atoms with van der Waals surface area (Å²) >= 11 is 6.46. The maximum Gasteiger partial charge on any atom is 0.415 e. The zero-order valence-corrected chi connectivity index (χ0v) is 24.5. The molecular formula is C27H35Cl3N4O6. The van der Waals surface area contributed by atoms with Gasteiger partial charge in [0.05, 0.1) is 0 Å². The molecule has 3 rings (SSSR count). The van der Waals surface area contributed by atoms with E-state index in [4.69, 9.17) is 22.1 Å². The highest BCUT2D eigenvalue weighted by molar-refractivity contribution is 6.31. The number of ketones is 1. The van der Waals surface area contributed by atoms with Gasteiger partial charge in [0.25, 0.3) is 12.6 Å². The molecule has 0 bridgehead atoms. The molecule has 1 aromatic heterocycles. The zero-order chi connectivity index (χ0) is 27.7. The Morgan fingerprint density at radius 3 is 2.58 bits per heavy atom. The number of aliphatic carboxylic acids is 1. The van der Waals surface area contributed by atoms with Gasteiger partial charge < -0.3 is 33.3 Å². The minimum absolute atomic E-state index is 0. The second-order valence-electron chi connectivity index (χ2n) is 9.32. The Hall–Kier alpha value is -2.92. The number of benzene rings is 1. The number of nitrogens with zero attached hydrogens (tertiary/aromatic N) is 2. The Bertz CT molecular complexity index is 1180. The molecule has 40 heavy (non-hydrogen) atoms. The molecule has 10 nitrogen and oxygen atoms in total. The third-order valence-corrected chi connectivity index (χ3v) is 7.16. The number of pyridine rings is 1. The Morgan fingerprint density at radius 2 is 1.93 bits per heavy atom. The lowest BCUT2D eigenvalue weighted by Gasteiger charge is -2.43. The number of carboxylic acid groups (broad SMARTS) is 1. The van der Waals surface area contributed by atoms with Gasteiger partial charge in [-0.2, -0.15) is 4.57 Å². The predicted molar refractivity (Wildman–Crippen MR) is 147 cm³/mol. The molecule has 0 saturated heterocycles. The summed E-state index contributed by atoms with van der Waals surface area (Å²) in [6, 6.07) is 9.08. The van der Waals surface area contributed by atoms with Gasteiger partial charge in [0, 0.05) is 30.1 Å². The summed E-state index contributed by atoms with van der Waals surface area (Å²) in [5, 5.41) is 12.3. The number of nitrogens with one attached hydrogen (secondary N) is 1. The summed E-state index contributed by atoms with van der Waals surface area (Å²) in [6.45, 7) is 0.219. The van der Waals surface area contributed by atoms with Crippen LogP contribution < -0.4 is 28.0 Å². The quantitative estimate of drug-likeness (QED) is 0.245. The van der Waals surface area contributed by atoms with Crippen LogP contribution in [-0.2, 0) is 26.6 Å². The van der Waals surface area contributed by atoms with Crippen molar-refractivity contribution < 1.29 is 46.0 Å². The number of hydrogen-bond acceptors (Lipinski definition) is 6. The topological polar surface area (TPSA) is 143 Å². The standard InChI is InChI=1S/C27H33ClN4O6.2ClH/c1-31(27(14-6-4-13-23(27)33)20-10-2-3-11-21(20)28)26(37)38-18-32-16-8-9-19(17-32)24(34)30-22(25(35)36)12-5-7-15-29;;/h2-3,8-11,16-17,22H,4-7,12-15,18,29H2,1H3,(H-,30,34,35,36);2*1H/t22-,27?;;/m0../s1. The fraction of sp³-hybridized carbons (Fsp3) is 0.444. The zero-order valence-electron chi connectivity index (χ0n) is 22.2. The minimum Gasteiger partial charge on any atom is -1.00 e. The third kappa shape index (κ3) is 8.30. The molecule has 1 aromatic carbocycles. The largest absolute Gasteiger partial charge is 1.00 e. The van der Waals surface area contributed by atoms with Crippen LogP contribution in [0, 0.1) is 0 Å². The number of ether oxygens (including phenoxy) is 1. The molecule has 2 aromatic rings. The van der Waals surface area contributed by atoms with Gasteiger partial charge in [-0.25, -0.2) is 9.59 Å². The Labute approximate surface area is 251 Å². The number of halogens is 3. The summed E-state index contributed by atoms with van der Waals surface area (Å²) in [6.07, 6.45) is 6.11. The van der Waals surface area contributed by atoms with E-state index in [1.165, 1.54) is 28.8 Å². The molecule has 1 aliphatic carbocycles. The van der Waals surface area contributed by atoms with Gasteiger partial charge >= 0.3 is 12.1 Å². The number of carbonyl (C=O) groups is 4. The van der Waals surface area contributed by atoms with E-state index in [1.54, 1.807) is 36.5 Å². The van der Waals surface area contributed by atoms with Gasteiger partial charge in [-0.05, 0) is 57.2 Å². The molecule has 0 spiro atoms. The number of carboxylic acids is 1. The van der Waals surface area contributed by atoms with Crippen molar-refractivity contribution in [1.82, 2.24) is 10.2 Å². The number of rotatable bonds is 11. The van der Waals surface area contributed by atoms with E-state index < -0.39 is 29.6 Å². The minimum atomic E-state index is -1.23. The van der Waals surface area contributed by atoms with Gasteiger partial charge in [-0.1, -0.05) is 29.8 Å². The van der Waals surface area contributed by atoms with Crippen molar-refractivity contribution >= 4 is 47.8 Å². The molecule has 13 heteroatoms. The van der Waals surface area contributed by atoms with Crippen LogP contribution in [0.5, 0.6) is 0 Å². The number of Topliss-reactive ketones (excluding diaryl/α,β-unsaturated/α-hetero) is 1. The lowest BCUT2D eigenvalue weighted by Crippen LogP contribution is -3.00. The van der Waals surface area contributed by atoms with E-state index in [2.05, 4.69) is 5.32 Å². The lowest BCUT2D eigenvalue weighted by molar-refractivity contribution is -0.727. The fourth-order valence-electron chi connectivity index (χ4n) is 4.74. The first kappa shape index (κ1) is 35.1. The summed E-state index contributed by atoms with van der Waals surface area (Å²) in [7, 11) is 1.53. The smallest absolute Gasteiger partial charge is 0.415 e. The molecule has 2 atom stereocenters. The van der Waals surface area contributed by atoms with Crippen LogP contribution in [0.1, 0.15) is 60.9 Å². The van der Waals surface area contributed by atoms with Crippen LogP contribution in [-0.4, -0.2) is 53.4 Å². The van der Waals surface area contributed by atoms with Crippen LogP contribution in [0.2, 0.25) is 5.02 Å². The molecule has 1 aliphatic rings. The predicted octanol–water partition coefficient (Wildman–Crippen LogP) is 0.430. The molecular weight excluding hydrogens is 583 g/mol. The number of hydrogen-bond donors (Lipinski definition) is 3. The molecule has 0 radical (unpaired) electrons. The van der Waals surface area contributed by atoms with E-state index in [0.29, 0.717) is 42.8 Å². The first-order valence-corrected chi connectivity index (χ1v) is 13.0. The molecule has 1 heterocycles. The van der Waals surface area contributed by atoms with Crippen LogP contribution in [0.3, 0.4) is 0 Å². The van der Waals surface area contributed by atoms with Crippen molar-refractivity contribution in [3.05, 3.63) is 64.9 Å². The third-order valence-electron chi connectivity index (χ3n) is 6.83. The molecule has 1 saturated carbocycles. The van der Waals surface area contributed by atoms with Crippen LogP contribution in [0.15, 0.2) is 48.8 Å². The average molecular weight is 618 g/mol. The van der Waals surface area contributed by atoms with Crippen molar-refractivity contribution in [3.8, 4) is 0 Å². The number of aromatic nitrogens is 1. The van der Waals surface area contributed by atoms with Crippen molar-refractivity contribution in [2.45, 2.75) is 63.3 Å². The maximum atomic E-state index is 13.2. The highest BCUT2D eigenvalue weighted by atomic mass is 35.5. The molecule has 0 aliphatic heterocycles. The van der Waals surface area contributed by atoms with Crippen LogP contribution in [0.4, 0.5) is 4.79 Å². The highest BCUT2D eigenvalue weighted by Crippen LogP contribution is 2.42. The highest BCUT2D eigenvalue weighted by Gasteiger charge is 2.48. The van der Waals surface area contributed by atoms with Gasteiger partial charge in [0.1, 0.15) is 17.1 Å². The second-order valence-corrected chi connectivity index (χ2v) is 9.73. The van der Waals surface area contributed by atoms with E-state index in [9.17, 15) is 24.3 Å². The lowest BCUT2D eigenvalue weighted by atomic mass is 9.74. The van der Waals surface area contributed by atoms with Gasteiger partial charge in [-0.3, -0.25) is 14.5 Å². The number of unbranched alkanes of at least 4 members (excludes halogenated alkanes) is 1. The van der Waals surface area contributed by atoms with Gasteiger partial charge in [0.15, 0.2) is 18.2 Å². The number of carbonyl (C=O) groups excluding carboxylic acids is 3. The van der Waals surface area contributed by atoms with E-state index in [0.717, 1.165) is 12.8 Å². The summed E-state index contributed by atoms with van der Waals surface area (Å²) in [4.78, 5) is 51.9. The maximum absolute atomic E-state index is 13.2. The Kier molecular flexibility index (Phi) is 14.4. The van der Waals surface area contributed by atoms with E-state index in [1.807, 2.05) is 0 Å². The molecule has 2 amide bonds. The number of nitrogens with two attached hydrogens (primary N) is 1. The van der Waals surface area contributed by atoms with Crippen molar-refractivity contribution in [2.24, 2.45) is 5.73 Å². The Balaban J connectivity index is 0.00000400. The molecule has 1 unspecified atom stereocenters. The molecule has 220 valence electrons. The summed E-state index contributed by atoms with van der Waals surface area (Å²) < 4.78 is 7.00. The van der Waals surface area contributed by atoms with E-state index >= 15 is 0 Å². The SMILES string of the molecule is CN(C(=O)OC[n+]1cccc(C(=O)N[C@@H](CCCCN)C(=O)O)c1)C1(c2ccccc2Cl)CCCCC1=O.Cl.[Cl-].